The third-order valence-corrected chi connectivity index (χ3v) is 3.55. The van der Waals surface area contributed by atoms with Gasteiger partial charge >= 0.3 is 0 Å². The van der Waals surface area contributed by atoms with Crippen LogP contribution in [-0.4, -0.2) is 23.7 Å². The summed E-state index contributed by atoms with van der Waals surface area (Å²) in [7, 11) is 1.61. The largest absolute Gasteiger partial charge is 0.504 e. The fraction of sp³-hybridized carbons (Fsp3) is 0.500. The van der Waals surface area contributed by atoms with Crippen molar-refractivity contribution in [1.82, 2.24) is 5.32 Å². The van der Waals surface area contributed by atoms with Gasteiger partial charge in [0.25, 0.3) is 0 Å². The first-order chi connectivity index (χ1) is 9.31. The van der Waals surface area contributed by atoms with Crippen LogP contribution in [0.1, 0.15) is 40.5 Å². The van der Waals surface area contributed by atoms with Crippen molar-refractivity contribution in [2.75, 3.05) is 7.05 Å². The molecule has 0 spiro atoms. The number of likely N-dealkylation sites (N-methyl/N-ethyl adjacent to an activating group) is 1. The first kappa shape index (κ1) is 16.2. The smallest absolute Gasteiger partial charge is 0.225 e. The van der Waals surface area contributed by atoms with Crippen LogP contribution in [0.5, 0.6) is 0 Å². The molecule has 1 rings (SSSR count). The Kier molecular flexibility index (Phi) is 5.31. The van der Waals surface area contributed by atoms with Crippen LogP contribution in [0.25, 0.3) is 0 Å². The third kappa shape index (κ3) is 3.18. The van der Waals surface area contributed by atoms with Crippen molar-refractivity contribution in [1.29, 1.82) is 0 Å². The maximum Gasteiger partial charge on any atom is 0.225 e. The molecular weight excluding hydrogens is 254 g/mol. The molecule has 0 saturated heterocycles. The predicted molar refractivity (Wildman–Crippen MR) is 79.3 cm³/mol. The number of aliphatic hydroxyl groups is 1. The highest BCUT2D eigenvalue weighted by Crippen LogP contribution is 2.29. The summed E-state index contributed by atoms with van der Waals surface area (Å²) >= 11 is 0. The number of carbonyl (C=O) groups excluding carboxylic acids is 2. The van der Waals surface area contributed by atoms with Crippen LogP contribution in [-0.2, 0) is 9.59 Å². The molecule has 20 heavy (non-hydrogen) atoms. The number of ketones is 2. The number of carbonyl (C=O) groups is 2. The second-order valence-electron chi connectivity index (χ2n) is 5.43. The summed E-state index contributed by atoms with van der Waals surface area (Å²) in [6, 6.07) is 0. The second kappa shape index (κ2) is 6.55. The number of rotatable bonds is 5. The molecule has 0 fully saturated rings. The van der Waals surface area contributed by atoms with Gasteiger partial charge in [0.1, 0.15) is 0 Å². The number of hydrogen-bond donors (Lipinski definition) is 2. The average molecular weight is 277 g/mol. The SMILES string of the molecule is CNC1=C(C)C(=O)C(O)=C([C@H](C)CCC=C(C)C)C1=O. The second-order valence-corrected chi connectivity index (χ2v) is 5.43. The van der Waals surface area contributed by atoms with Crippen molar-refractivity contribution in [3.05, 3.63) is 34.3 Å². The van der Waals surface area contributed by atoms with Crippen LogP contribution in [0.3, 0.4) is 0 Å². The van der Waals surface area contributed by atoms with E-state index in [2.05, 4.69) is 11.4 Å². The van der Waals surface area contributed by atoms with Gasteiger partial charge in [0.15, 0.2) is 5.76 Å². The van der Waals surface area contributed by atoms with Crippen LogP contribution in [0.2, 0.25) is 0 Å². The lowest BCUT2D eigenvalue weighted by Crippen LogP contribution is -2.31. The monoisotopic (exact) mass is 277 g/mol. The Balaban J connectivity index is 3.01. The molecule has 0 unspecified atom stereocenters. The van der Waals surface area contributed by atoms with Gasteiger partial charge in [-0.3, -0.25) is 9.59 Å². The molecule has 0 heterocycles. The number of Topliss-reactive ketones (excluding diaryl/α,β-unsaturated/α-hetero) is 2. The lowest BCUT2D eigenvalue weighted by atomic mass is 9.84. The van der Waals surface area contributed by atoms with Gasteiger partial charge < -0.3 is 10.4 Å². The van der Waals surface area contributed by atoms with Crippen LogP contribution in [0, 0.1) is 5.92 Å². The van der Waals surface area contributed by atoms with E-state index in [1.807, 2.05) is 20.8 Å². The molecule has 1 aliphatic carbocycles. The van der Waals surface area contributed by atoms with E-state index in [-0.39, 0.29) is 28.5 Å². The van der Waals surface area contributed by atoms with Gasteiger partial charge in [0.05, 0.1) is 11.3 Å². The molecule has 0 aromatic carbocycles. The predicted octanol–water partition coefficient (Wildman–Crippen LogP) is 2.83. The summed E-state index contributed by atoms with van der Waals surface area (Å²) in [5, 5.41) is 12.8. The Morgan fingerprint density at radius 1 is 1.30 bits per heavy atom. The first-order valence-electron chi connectivity index (χ1n) is 6.85. The van der Waals surface area contributed by atoms with Crippen molar-refractivity contribution in [2.24, 2.45) is 5.92 Å². The Morgan fingerprint density at radius 3 is 2.40 bits per heavy atom. The van der Waals surface area contributed by atoms with Crippen molar-refractivity contribution < 1.29 is 14.7 Å². The highest BCUT2D eigenvalue weighted by atomic mass is 16.3. The summed E-state index contributed by atoms with van der Waals surface area (Å²) in [5.41, 5.74) is 2.01. The molecule has 110 valence electrons. The van der Waals surface area contributed by atoms with E-state index in [1.165, 1.54) is 5.57 Å². The molecule has 2 N–H and O–H groups in total. The van der Waals surface area contributed by atoms with E-state index in [9.17, 15) is 14.7 Å². The molecule has 0 aromatic heterocycles. The number of allylic oxidation sites excluding steroid dienone is 4. The van der Waals surface area contributed by atoms with Crippen LogP contribution in [0.4, 0.5) is 0 Å². The minimum atomic E-state index is -0.460. The van der Waals surface area contributed by atoms with Crippen molar-refractivity contribution >= 4 is 11.6 Å². The molecule has 0 aliphatic heterocycles. The molecule has 0 bridgehead atoms. The maximum atomic E-state index is 12.4. The standard InChI is InChI=1S/C16H23NO3/c1-9(2)7-6-8-10(3)12-15(19)13(17-5)11(4)14(18)16(12)20/h7,10,17,20H,6,8H2,1-5H3/t10-/m1/s1. The van der Waals surface area contributed by atoms with Gasteiger partial charge in [-0.15, -0.1) is 0 Å². The van der Waals surface area contributed by atoms with Gasteiger partial charge in [0.2, 0.25) is 11.6 Å². The lowest BCUT2D eigenvalue weighted by molar-refractivity contribution is -0.119. The van der Waals surface area contributed by atoms with E-state index < -0.39 is 11.5 Å². The van der Waals surface area contributed by atoms with E-state index >= 15 is 0 Å². The summed E-state index contributed by atoms with van der Waals surface area (Å²) in [6.45, 7) is 7.44. The highest BCUT2D eigenvalue weighted by Gasteiger charge is 2.34. The minimum Gasteiger partial charge on any atom is -0.504 e. The molecule has 1 atom stereocenters. The molecule has 0 aromatic rings. The van der Waals surface area contributed by atoms with E-state index in [4.69, 9.17) is 0 Å². The van der Waals surface area contributed by atoms with Crippen molar-refractivity contribution in [3.8, 4) is 0 Å². The average Bonchev–Trinajstić information content (AvgIpc) is 2.36. The fourth-order valence-corrected chi connectivity index (χ4v) is 2.35. The van der Waals surface area contributed by atoms with E-state index in [0.717, 1.165) is 12.8 Å². The van der Waals surface area contributed by atoms with Gasteiger partial charge in [-0.2, -0.15) is 0 Å². The van der Waals surface area contributed by atoms with Gasteiger partial charge in [-0.05, 0) is 39.5 Å². The Morgan fingerprint density at radius 2 is 1.90 bits per heavy atom. The zero-order valence-corrected chi connectivity index (χ0v) is 12.8. The molecule has 4 nitrogen and oxygen atoms in total. The molecular formula is C16H23NO3. The molecule has 0 saturated carbocycles. The number of hydrogen-bond acceptors (Lipinski definition) is 4. The third-order valence-electron chi connectivity index (χ3n) is 3.55. The number of nitrogens with one attached hydrogen (secondary N) is 1. The maximum absolute atomic E-state index is 12.4. The molecule has 0 radical (unpaired) electrons. The zero-order chi connectivity index (χ0) is 15.4. The molecule has 0 amide bonds. The van der Waals surface area contributed by atoms with Crippen molar-refractivity contribution in [3.63, 3.8) is 0 Å². The van der Waals surface area contributed by atoms with Crippen molar-refractivity contribution in [2.45, 2.75) is 40.5 Å². The normalized spacial score (nSPS) is 17.4. The summed E-state index contributed by atoms with van der Waals surface area (Å²) in [5.74, 6) is -1.28. The van der Waals surface area contributed by atoms with Crippen LogP contribution < -0.4 is 5.32 Å². The van der Waals surface area contributed by atoms with E-state index in [0.29, 0.717) is 0 Å². The highest BCUT2D eigenvalue weighted by molar-refractivity contribution is 6.23. The molecule has 4 heteroatoms. The van der Waals surface area contributed by atoms with Crippen LogP contribution in [0.15, 0.2) is 34.3 Å². The summed E-state index contributed by atoms with van der Waals surface area (Å²) in [4.78, 5) is 24.3. The van der Waals surface area contributed by atoms with Gasteiger partial charge in [-0.25, -0.2) is 0 Å². The minimum absolute atomic E-state index is 0.154. The quantitative estimate of drug-likeness (QED) is 0.599. The summed E-state index contributed by atoms with van der Waals surface area (Å²) in [6.07, 6.45) is 3.63. The van der Waals surface area contributed by atoms with Gasteiger partial charge in [-0.1, -0.05) is 18.6 Å². The lowest BCUT2D eigenvalue weighted by Gasteiger charge is -2.22. The van der Waals surface area contributed by atoms with Gasteiger partial charge in [0, 0.05) is 12.6 Å². The van der Waals surface area contributed by atoms with Crippen LogP contribution >= 0.6 is 0 Å². The van der Waals surface area contributed by atoms with E-state index in [1.54, 1.807) is 14.0 Å². The molecule has 1 aliphatic rings. The number of aliphatic hydroxyl groups excluding tert-OH is 1. The zero-order valence-electron chi connectivity index (χ0n) is 12.8. The Labute approximate surface area is 120 Å². The summed E-state index contributed by atoms with van der Waals surface area (Å²) < 4.78 is 0. The first-order valence-corrected chi connectivity index (χ1v) is 6.85. The Hall–Kier alpha value is -1.84. The Bertz CT molecular complexity index is 520. The fourth-order valence-electron chi connectivity index (χ4n) is 2.35. The topological polar surface area (TPSA) is 66.4 Å².